The molecule has 0 radical (unpaired) electrons. The summed E-state index contributed by atoms with van der Waals surface area (Å²) in [6, 6.07) is 2.95. The average molecular weight is 393 g/mol. The van der Waals surface area contributed by atoms with Gasteiger partial charge in [-0.05, 0) is 37.1 Å². The normalized spacial score (nSPS) is 19.0. The first kappa shape index (κ1) is 19.7. The summed E-state index contributed by atoms with van der Waals surface area (Å²) in [6.07, 6.45) is 1.39. The Labute approximate surface area is 160 Å². The van der Waals surface area contributed by atoms with Crippen molar-refractivity contribution in [1.29, 1.82) is 5.41 Å². The smallest absolute Gasteiger partial charge is 0.387 e. The van der Waals surface area contributed by atoms with Crippen LogP contribution in [0.2, 0.25) is 0 Å². The van der Waals surface area contributed by atoms with Gasteiger partial charge in [-0.2, -0.15) is 13.8 Å². The Hall–Kier alpha value is -3.01. The molecular weight excluding hydrogens is 372 g/mol. The van der Waals surface area contributed by atoms with E-state index in [9.17, 15) is 13.6 Å². The molecule has 10 heteroatoms. The lowest BCUT2D eigenvalue weighted by Crippen LogP contribution is -2.52. The fourth-order valence-corrected chi connectivity index (χ4v) is 3.00. The van der Waals surface area contributed by atoms with Crippen LogP contribution >= 0.6 is 0 Å². The number of amides is 1. The molecule has 2 heterocycles. The van der Waals surface area contributed by atoms with E-state index in [1.165, 1.54) is 18.3 Å². The summed E-state index contributed by atoms with van der Waals surface area (Å²) in [7, 11) is 0. The van der Waals surface area contributed by atoms with Crippen LogP contribution in [0.1, 0.15) is 11.1 Å². The summed E-state index contributed by atoms with van der Waals surface area (Å²) < 4.78 is 34.5. The Morgan fingerprint density at radius 2 is 1.96 bits per heavy atom. The summed E-state index contributed by atoms with van der Waals surface area (Å²) in [5.74, 6) is -0.199. The van der Waals surface area contributed by atoms with E-state index in [0.29, 0.717) is 49.1 Å². The van der Waals surface area contributed by atoms with E-state index in [4.69, 9.17) is 10.1 Å². The zero-order valence-corrected chi connectivity index (χ0v) is 15.5. The molecule has 0 atom stereocenters. The van der Waals surface area contributed by atoms with Crippen molar-refractivity contribution in [2.24, 2.45) is 4.99 Å². The molecule has 2 aliphatic heterocycles. The fraction of sp³-hybridized carbons (Fsp3) is 0.389. The lowest BCUT2D eigenvalue weighted by atomic mass is 10.1. The van der Waals surface area contributed by atoms with E-state index in [1.807, 2.05) is 4.90 Å². The number of aliphatic imine (C=N–C) groups is 1. The third-order valence-electron chi connectivity index (χ3n) is 4.35. The first-order chi connectivity index (χ1) is 13.3. The molecule has 0 aliphatic carbocycles. The lowest BCUT2D eigenvalue weighted by molar-refractivity contribution is -0.116. The Bertz CT molecular complexity index is 825. The van der Waals surface area contributed by atoms with Crippen molar-refractivity contribution in [1.82, 2.24) is 10.2 Å². The zero-order chi connectivity index (χ0) is 20.3. The Morgan fingerprint density at radius 1 is 1.32 bits per heavy atom. The van der Waals surface area contributed by atoms with Gasteiger partial charge in [0.25, 0.3) is 5.91 Å². The number of aryl methyl sites for hydroxylation is 2. The molecule has 1 aromatic rings. The SMILES string of the molecule is Cc1cc(OC(F)F)cc(C)c1N/C=C1\C(=N)N=C(N2CCOCC2)NC1=O. The van der Waals surface area contributed by atoms with Gasteiger partial charge in [0.05, 0.1) is 18.8 Å². The van der Waals surface area contributed by atoms with Crippen LogP contribution in [0.3, 0.4) is 0 Å². The number of hydrogen-bond donors (Lipinski definition) is 3. The van der Waals surface area contributed by atoms with E-state index < -0.39 is 12.5 Å². The molecule has 1 fully saturated rings. The molecule has 8 nitrogen and oxygen atoms in total. The van der Waals surface area contributed by atoms with Crippen molar-refractivity contribution in [3.63, 3.8) is 0 Å². The predicted molar refractivity (Wildman–Crippen MR) is 100.0 cm³/mol. The van der Waals surface area contributed by atoms with Crippen molar-refractivity contribution >= 4 is 23.4 Å². The molecule has 0 unspecified atom stereocenters. The van der Waals surface area contributed by atoms with Gasteiger partial charge in [-0.1, -0.05) is 0 Å². The molecule has 0 aromatic heterocycles. The highest BCUT2D eigenvalue weighted by Crippen LogP contribution is 2.27. The topological polar surface area (TPSA) is 99.0 Å². The van der Waals surface area contributed by atoms with Gasteiger partial charge in [0.15, 0.2) is 5.84 Å². The van der Waals surface area contributed by atoms with Gasteiger partial charge in [0.1, 0.15) is 5.75 Å². The molecule has 3 rings (SSSR count). The van der Waals surface area contributed by atoms with E-state index in [0.717, 1.165) is 0 Å². The summed E-state index contributed by atoms with van der Waals surface area (Å²) in [4.78, 5) is 18.4. The second-order valence-electron chi connectivity index (χ2n) is 6.35. The largest absolute Gasteiger partial charge is 0.435 e. The molecule has 0 saturated carbocycles. The van der Waals surface area contributed by atoms with Crippen LogP contribution in [0.25, 0.3) is 0 Å². The van der Waals surface area contributed by atoms with Crippen molar-refractivity contribution < 1.29 is 23.0 Å². The number of alkyl halides is 2. The molecule has 0 bridgehead atoms. The zero-order valence-electron chi connectivity index (χ0n) is 15.5. The van der Waals surface area contributed by atoms with Crippen LogP contribution < -0.4 is 15.4 Å². The van der Waals surface area contributed by atoms with Crippen LogP contribution in [0.4, 0.5) is 14.5 Å². The number of rotatable bonds is 4. The molecule has 0 spiro atoms. The van der Waals surface area contributed by atoms with Gasteiger partial charge in [-0.3, -0.25) is 15.5 Å². The number of ether oxygens (including phenoxy) is 2. The average Bonchev–Trinajstić information content (AvgIpc) is 2.63. The maximum absolute atomic E-state index is 12.4. The van der Waals surface area contributed by atoms with Crippen molar-refractivity contribution in [2.45, 2.75) is 20.5 Å². The number of guanidine groups is 1. The monoisotopic (exact) mass is 393 g/mol. The maximum Gasteiger partial charge on any atom is 0.387 e. The fourth-order valence-electron chi connectivity index (χ4n) is 3.00. The highest BCUT2D eigenvalue weighted by atomic mass is 19.3. The standard InChI is InChI=1S/C18H21F2N5O3/c1-10-7-12(28-17(19)20)8-11(2)14(10)22-9-13-15(21)23-18(24-16(13)26)25-3-5-27-6-4-25/h7-9,17,22H,3-6H2,1-2H3,(H2,21,23,24,26)/b13-9+. The summed E-state index contributed by atoms with van der Waals surface area (Å²) >= 11 is 0. The van der Waals surface area contributed by atoms with E-state index in [2.05, 4.69) is 20.4 Å². The number of benzene rings is 1. The first-order valence-corrected chi connectivity index (χ1v) is 8.69. The molecule has 1 aromatic carbocycles. The molecular formula is C18H21F2N5O3. The Kier molecular flexibility index (Phi) is 5.88. The number of morpholine rings is 1. The Balaban J connectivity index is 1.76. The van der Waals surface area contributed by atoms with Crippen LogP contribution in [0, 0.1) is 19.3 Å². The minimum absolute atomic E-state index is 0.0612. The van der Waals surface area contributed by atoms with Crippen LogP contribution in [0.5, 0.6) is 5.75 Å². The number of nitrogens with zero attached hydrogens (tertiary/aromatic N) is 2. The minimum atomic E-state index is -2.90. The number of nitrogens with one attached hydrogen (secondary N) is 3. The minimum Gasteiger partial charge on any atom is -0.435 e. The van der Waals surface area contributed by atoms with Crippen LogP contribution in [0.15, 0.2) is 28.9 Å². The molecule has 1 saturated heterocycles. The van der Waals surface area contributed by atoms with Crippen LogP contribution in [-0.2, 0) is 9.53 Å². The van der Waals surface area contributed by atoms with E-state index >= 15 is 0 Å². The van der Waals surface area contributed by atoms with E-state index in [-0.39, 0.29) is 17.2 Å². The third-order valence-corrected chi connectivity index (χ3v) is 4.35. The lowest BCUT2D eigenvalue weighted by Gasteiger charge is -2.31. The van der Waals surface area contributed by atoms with Gasteiger partial charge in [-0.25, -0.2) is 0 Å². The van der Waals surface area contributed by atoms with Gasteiger partial charge >= 0.3 is 6.61 Å². The number of carbonyl (C=O) groups excluding carboxylic acids is 1. The molecule has 2 aliphatic rings. The highest BCUT2D eigenvalue weighted by Gasteiger charge is 2.26. The predicted octanol–water partition coefficient (Wildman–Crippen LogP) is 2.00. The van der Waals surface area contributed by atoms with Gasteiger partial charge in [0, 0.05) is 25.0 Å². The molecule has 3 N–H and O–H groups in total. The van der Waals surface area contributed by atoms with Crippen LogP contribution in [-0.4, -0.2) is 55.5 Å². The summed E-state index contributed by atoms with van der Waals surface area (Å²) in [6.45, 7) is 2.82. The molecule has 28 heavy (non-hydrogen) atoms. The second kappa shape index (κ2) is 8.34. The molecule has 1 amide bonds. The Morgan fingerprint density at radius 3 is 2.54 bits per heavy atom. The maximum atomic E-state index is 12.4. The van der Waals surface area contributed by atoms with Crippen molar-refractivity contribution in [2.75, 3.05) is 31.6 Å². The summed E-state index contributed by atoms with van der Waals surface area (Å²) in [5.41, 5.74) is 2.03. The van der Waals surface area contributed by atoms with Gasteiger partial charge < -0.3 is 19.7 Å². The second-order valence-corrected chi connectivity index (χ2v) is 6.35. The number of hydrogen-bond acceptors (Lipinski definition) is 6. The molecule has 150 valence electrons. The van der Waals surface area contributed by atoms with Crippen molar-refractivity contribution in [3.8, 4) is 5.75 Å². The number of anilines is 1. The van der Waals surface area contributed by atoms with Crippen molar-refractivity contribution in [3.05, 3.63) is 35.0 Å². The number of halogens is 2. The highest BCUT2D eigenvalue weighted by molar-refractivity contribution is 6.28. The number of carbonyl (C=O) groups is 1. The third kappa shape index (κ3) is 4.45. The van der Waals surface area contributed by atoms with E-state index in [1.54, 1.807) is 13.8 Å². The number of amidine groups is 1. The quantitative estimate of drug-likeness (QED) is 0.680. The summed E-state index contributed by atoms with van der Waals surface area (Å²) in [5, 5.41) is 13.8. The van der Waals surface area contributed by atoms with Gasteiger partial charge in [0.2, 0.25) is 5.96 Å². The van der Waals surface area contributed by atoms with Gasteiger partial charge in [-0.15, -0.1) is 0 Å². The first-order valence-electron chi connectivity index (χ1n) is 8.69.